The maximum atomic E-state index is 13.8. The second kappa shape index (κ2) is 9.73. The van der Waals surface area contributed by atoms with E-state index >= 15 is 0 Å². The van der Waals surface area contributed by atoms with E-state index in [0.717, 1.165) is 10.5 Å². The topological polar surface area (TPSA) is 88.2 Å². The standard InChI is InChI=1S/C28H27N3O5/c1-30(17-22-19-35-23-14-8-9-15-24(23)36-22)25(32)18-31-26(33)28(29-27(31)34,21-12-6-3-7-13-21)16-20-10-4-2-5-11-20/h2-15,22H,16-19H2,1H3,(H,29,34)/t22-,28-/m1/s1. The summed E-state index contributed by atoms with van der Waals surface area (Å²) in [5, 5.41) is 2.89. The summed E-state index contributed by atoms with van der Waals surface area (Å²) in [6.07, 6.45) is -0.0891. The minimum atomic E-state index is -1.29. The summed E-state index contributed by atoms with van der Waals surface area (Å²) in [7, 11) is 1.62. The Morgan fingerprint density at radius 2 is 1.61 bits per heavy atom. The molecule has 0 aromatic heterocycles. The van der Waals surface area contributed by atoms with Crippen LogP contribution in [0.15, 0.2) is 84.9 Å². The first-order chi connectivity index (χ1) is 17.5. The Hall–Kier alpha value is -4.33. The van der Waals surface area contributed by atoms with Crippen LogP contribution >= 0.6 is 0 Å². The van der Waals surface area contributed by atoms with Gasteiger partial charge in [0.1, 0.15) is 13.2 Å². The molecule has 1 saturated heterocycles. The van der Waals surface area contributed by atoms with Gasteiger partial charge in [-0.1, -0.05) is 72.8 Å². The monoisotopic (exact) mass is 485 g/mol. The average molecular weight is 486 g/mol. The molecular formula is C28H27N3O5. The van der Waals surface area contributed by atoms with Gasteiger partial charge in [-0.05, 0) is 23.3 Å². The number of likely N-dealkylation sites (N-methyl/N-ethyl adjacent to an activating group) is 1. The van der Waals surface area contributed by atoms with Crippen molar-refractivity contribution in [1.29, 1.82) is 0 Å². The molecule has 2 aliphatic heterocycles. The van der Waals surface area contributed by atoms with Gasteiger partial charge in [0.2, 0.25) is 5.91 Å². The van der Waals surface area contributed by atoms with Gasteiger partial charge in [-0.15, -0.1) is 0 Å². The molecule has 4 amide bonds. The highest BCUT2D eigenvalue weighted by molar-refractivity contribution is 6.09. The van der Waals surface area contributed by atoms with Crippen LogP contribution in [0.25, 0.3) is 0 Å². The smallest absolute Gasteiger partial charge is 0.325 e. The molecule has 0 saturated carbocycles. The third kappa shape index (κ3) is 4.49. The molecule has 2 aliphatic rings. The summed E-state index contributed by atoms with van der Waals surface area (Å²) in [5.74, 6) is 0.468. The van der Waals surface area contributed by atoms with Crippen LogP contribution in [0.5, 0.6) is 11.5 Å². The first kappa shape index (κ1) is 23.4. The largest absolute Gasteiger partial charge is 0.486 e. The fraction of sp³-hybridized carbons (Fsp3) is 0.250. The second-order valence-electron chi connectivity index (χ2n) is 9.03. The van der Waals surface area contributed by atoms with Gasteiger partial charge in [0.15, 0.2) is 23.1 Å². The van der Waals surface area contributed by atoms with E-state index in [1.54, 1.807) is 7.05 Å². The number of imide groups is 1. The minimum Gasteiger partial charge on any atom is -0.486 e. The fourth-order valence-corrected chi connectivity index (χ4v) is 4.63. The molecule has 8 nitrogen and oxygen atoms in total. The predicted molar refractivity (Wildman–Crippen MR) is 133 cm³/mol. The van der Waals surface area contributed by atoms with Crippen molar-refractivity contribution in [2.24, 2.45) is 0 Å². The minimum absolute atomic E-state index is 0.255. The number of ether oxygens (including phenoxy) is 2. The van der Waals surface area contributed by atoms with Crippen molar-refractivity contribution in [3.8, 4) is 11.5 Å². The van der Waals surface area contributed by atoms with Gasteiger partial charge in [0.05, 0.1) is 6.54 Å². The number of hydrogen-bond donors (Lipinski definition) is 1. The lowest BCUT2D eigenvalue weighted by Gasteiger charge is -2.30. The molecule has 3 aromatic carbocycles. The number of rotatable bonds is 7. The molecule has 2 atom stereocenters. The van der Waals surface area contributed by atoms with E-state index in [-0.39, 0.29) is 31.5 Å². The summed E-state index contributed by atoms with van der Waals surface area (Å²) in [5.41, 5.74) is 0.278. The molecule has 36 heavy (non-hydrogen) atoms. The SMILES string of the molecule is CN(C[C@@H]1COc2ccccc2O1)C(=O)CN1C(=O)N[C@](Cc2ccccc2)(c2ccccc2)C1=O. The highest BCUT2D eigenvalue weighted by Gasteiger charge is 2.52. The van der Waals surface area contributed by atoms with Crippen molar-refractivity contribution >= 4 is 17.8 Å². The van der Waals surface area contributed by atoms with Gasteiger partial charge >= 0.3 is 6.03 Å². The molecule has 8 heteroatoms. The van der Waals surface area contributed by atoms with Crippen molar-refractivity contribution in [2.75, 3.05) is 26.7 Å². The summed E-state index contributed by atoms with van der Waals surface area (Å²) in [4.78, 5) is 42.3. The van der Waals surface area contributed by atoms with Gasteiger partial charge in [0.25, 0.3) is 5.91 Å². The number of para-hydroxylation sites is 2. The van der Waals surface area contributed by atoms with Gasteiger partial charge in [0, 0.05) is 13.5 Å². The van der Waals surface area contributed by atoms with Crippen molar-refractivity contribution in [3.05, 3.63) is 96.1 Å². The van der Waals surface area contributed by atoms with Crippen LogP contribution < -0.4 is 14.8 Å². The molecule has 0 bridgehead atoms. The number of carbonyl (C=O) groups is 3. The predicted octanol–water partition coefficient (Wildman–Crippen LogP) is 2.97. The molecular weight excluding hydrogens is 458 g/mol. The summed E-state index contributed by atoms with van der Waals surface area (Å²) in [6, 6.07) is 25.4. The van der Waals surface area contributed by atoms with Gasteiger partial charge < -0.3 is 19.7 Å². The maximum absolute atomic E-state index is 13.8. The number of urea groups is 1. The van der Waals surface area contributed by atoms with Gasteiger partial charge in [-0.2, -0.15) is 0 Å². The zero-order chi connectivity index (χ0) is 25.1. The van der Waals surface area contributed by atoms with Crippen LogP contribution in [0.1, 0.15) is 11.1 Å². The fourth-order valence-electron chi connectivity index (χ4n) is 4.63. The number of nitrogens with one attached hydrogen (secondary N) is 1. The Labute approximate surface area is 209 Å². The van der Waals surface area contributed by atoms with Crippen LogP contribution in [0.3, 0.4) is 0 Å². The lowest BCUT2D eigenvalue weighted by Crippen LogP contribution is -2.48. The normalized spacial score (nSPS) is 20.7. The Morgan fingerprint density at radius 1 is 0.972 bits per heavy atom. The molecule has 2 heterocycles. The van der Waals surface area contributed by atoms with E-state index in [9.17, 15) is 14.4 Å². The van der Waals surface area contributed by atoms with Gasteiger partial charge in [-0.3, -0.25) is 14.5 Å². The molecule has 0 unspecified atom stereocenters. The molecule has 184 valence electrons. The van der Waals surface area contributed by atoms with E-state index in [0.29, 0.717) is 23.7 Å². The van der Waals surface area contributed by atoms with E-state index in [1.807, 2.05) is 84.9 Å². The Balaban J connectivity index is 1.31. The van der Waals surface area contributed by atoms with Crippen LogP contribution in [0.2, 0.25) is 0 Å². The quantitative estimate of drug-likeness (QED) is 0.520. The van der Waals surface area contributed by atoms with Crippen molar-refractivity contribution in [1.82, 2.24) is 15.1 Å². The molecule has 5 rings (SSSR count). The molecule has 1 N–H and O–H groups in total. The van der Waals surface area contributed by atoms with Crippen molar-refractivity contribution < 1.29 is 23.9 Å². The third-order valence-electron chi connectivity index (χ3n) is 6.52. The average Bonchev–Trinajstić information content (AvgIpc) is 3.14. The van der Waals surface area contributed by atoms with E-state index in [4.69, 9.17) is 9.47 Å². The number of benzene rings is 3. The molecule has 0 spiro atoms. The van der Waals surface area contributed by atoms with E-state index in [1.165, 1.54) is 4.90 Å². The zero-order valence-corrected chi connectivity index (χ0v) is 19.9. The van der Waals surface area contributed by atoms with Crippen LogP contribution in [0, 0.1) is 0 Å². The molecule has 0 radical (unpaired) electrons. The van der Waals surface area contributed by atoms with Gasteiger partial charge in [-0.25, -0.2) is 4.79 Å². The summed E-state index contributed by atoms with van der Waals surface area (Å²) < 4.78 is 11.7. The van der Waals surface area contributed by atoms with Crippen LogP contribution in [-0.4, -0.2) is 60.5 Å². The number of carbonyl (C=O) groups excluding carboxylic acids is 3. The summed E-state index contributed by atoms with van der Waals surface area (Å²) >= 11 is 0. The van der Waals surface area contributed by atoms with Crippen molar-refractivity contribution in [2.45, 2.75) is 18.1 Å². The van der Waals surface area contributed by atoms with E-state index < -0.39 is 17.5 Å². The van der Waals surface area contributed by atoms with Crippen LogP contribution in [0.4, 0.5) is 4.79 Å². The first-order valence-electron chi connectivity index (χ1n) is 11.8. The maximum Gasteiger partial charge on any atom is 0.325 e. The highest BCUT2D eigenvalue weighted by atomic mass is 16.6. The van der Waals surface area contributed by atoms with Crippen LogP contribution in [-0.2, 0) is 21.5 Å². The highest BCUT2D eigenvalue weighted by Crippen LogP contribution is 2.33. The zero-order valence-electron chi connectivity index (χ0n) is 19.9. The van der Waals surface area contributed by atoms with E-state index in [2.05, 4.69) is 5.32 Å². The number of hydrogen-bond acceptors (Lipinski definition) is 5. The Morgan fingerprint density at radius 3 is 2.33 bits per heavy atom. The molecule has 0 aliphatic carbocycles. The number of nitrogens with zero attached hydrogens (tertiary/aromatic N) is 2. The second-order valence-corrected chi connectivity index (χ2v) is 9.03. The number of fused-ring (bicyclic) bond motifs is 1. The molecule has 3 aromatic rings. The Kier molecular flexibility index (Phi) is 6.33. The Bertz CT molecular complexity index is 1270. The van der Waals surface area contributed by atoms with Crippen molar-refractivity contribution in [3.63, 3.8) is 0 Å². The third-order valence-corrected chi connectivity index (χ3v) is 6.52. The lowest BCUT2D eigenvalue weighted by atomic mass is 9.83. The summed E-state index contributed by atoms with van der Waals surface area (Å²) in [6.45, 7) is 0.186. The molecule has 1 fully saturated rings. The lowest BCUT2D eigenvalue weighted by molar-refractivity contribution is -0.139. The first-order valence-corrected chi connectivity index (χ1v) is 11.8. The number of amides is 4.